The molecule has 5 nitrogen and oxygen atoms in total. The Bertz CT molecular complexity index is 1290. The Morgan fingerprint density at radius 2 is 1.80 bits per heavy atom. The highest BCUT2D eigenvalue weighted by atomic mass is 32.1. The van der Waals surface area contributed by atoms with Gasteiger partial charge in [-0.15, -0.1) is 5.10 Å². The largest absolute Gasteiger partial charge is 0.490 e. The molecule has 0 N–H and O–H groups in total. The summed E-state index contributed by atoms with van der Waals surface area (Å²) in [6.07, 6.45) is 3.59. The fraction of sp³-hybridized carbons (Fsp3) is 0.208. The predicted octanol–water partition coefficient (Wildman–Crippen LogP) is 4.23. The van der Waals surface area contributed by atoms with E-state index in [0.717, 1.165) is 16.9 Å². The lowest BCUT2D eigenvalue weighted by molar-refractivity contribution is 0.363. The number of benzene rings is 2. The van der Waals surface area contributed by atoms with Crippen LogP contribution in [-0.2, 0) is 5.41 Å². The van der Waals surface area contributed by atoms with Gasteiger partial charge in [0.05, 0.1) is 4.53 Å². The van der Waals surface area contributed by atoms with E-state index in [4.69, 9.17) is 4.74 Å². The van der Waals surface area contributed by atoms with E-state index >= 15 is 0 Å². The molecular weight excluding hydrogens is 394 g/mol. The van der Waals surface area contributed by atoms with Crippen LogP contribution in [0.15, 0.2) is 66.0 Å². The van der Waals surface area contributed by atoms with Crippen LogP contribution < -0.4 is 14.8 Å². The van der Waals surface area contributed by atoms with E-state index in [9.17, 15) is 4.79 Å². The van der Waals surface area contributed by atoms with Gasteiger partial charge in [0.15, 0.2) is 5.82 Å². The van der Waals surface area contributed by atoms with Gasteiger partial charge in [0.2, 0.25) is 4.96 Å². The molecule has 0 aliphatic heterocycles. The quantitative estimate of drug-likeness (QED) is 0.456. The molecule has 0 aliphatic carbocycles. The van der Waals surface area contributed by atoms with Crippen molar-refractivity contribution >= 4 is 22.4 Å². The van der Waals surface area contributed by atoms with Gasteiger partial charge in [0.25, 0.3) is 5.56 Å². The lowest BCUT2D eigenvalue weighted by Gasteiger charge is -2.18. The van der Waals surface area contributed by atoms with E-state index in [1.165, 1.54) is 21.4 Å². The van der Waals surface area contributed by atoms with Crippen molar-refractivity contribution < 1.29 is 4.74 Å². The maximum absolute atomic E-state index is 12.8. The lowest BCUT2D eigenvalue weighted by atomic mass is 9.87. The molecule has 0 fully saturated rings. The van der Waals surface area contributed by atoms with Gasteiger partial charge in [-0.3, -0.25) is 4.79 Å². The van der Waals surface area contributed by atoms with Crippen LogP contribution in [-0.4, -0.2) is 21.2 Å². The average Bonchev–Trinajstić information content (AvgIpc) is 3.26. The molecule has 0 amide bonds. The molecule has 152 valence electrons. The Balaban J connectivity index is 1.63. The smallest absolute Gasteiger partial charge is 0.291 e. The van der Waals surface area contributed by atoms with Gasteiger partial charge in [-0.1, -0.05) is 69.0 Å². The highest BCUT2D eigenvalue weighted by molar-refractivity contribution is 7.15. The van der Waals surface area contributed by atoms with Gasteiger partial charge in [-0.05, 0) is 46.9 Å². The molecule has 4 aromatic rings. The summed E-state index contributed by atoms with van der Waals surface area (Å²) in [6.45, 7) is 10.6. The zero-order valence-corrected chi connectivity index (χ0v) is 18.1. The van der Waals surface area contributed by atoms with Crippen molar-refractivity contribution in [2.45, 2.75) is 26.2 Å². The average molecular weight is 418 g/mol. The van der Waals surface area contributed by atoms with Crippen molar-refractivity contribution in [2.24, 2.45) is 0 Å². The summed E-state index contributed by atoms with van der Waals surface area (Å²) in [5.74, 6) is 1.27. The molecule has 0 radical (unpaired) electrons. The number of nitrogens with zero attached hydrogens (tertiary/aromatic N) is 3. The Kier molecular flexibility index (Phi) is 5.26. The Morgan fingerprint density at radius 1 is 1.10 bits per heavy atom. The third-order valence-corrected chi connectivity index (χ3v) is 5.70. The first kappa shape index (κ1) is 20.0. The summed E-state index contributed by atoms with van der Waals surface area (Å²) in [5.41, 5.74) is 3.02. The van der Waals surface area contributed by atoms with Crippen LogP contribution in [0.25, 0.3) is 22.4 Å². The number of aromatic nitrogens is 3. The normalized spacial score (nSPS) is 12.4. The summed E-state index contributed by atoms with van der Waals surface area (Å²) in [4.78, 5) is 17.9. The van der Waals surface area contributed by atoms with Gasteiger partial charge in [-0.2, -0.15) is 9.50 Å². The number of thiazole rings is 1. The van der Waals surface area contributed by atoms with Crippen molar-refractivity contribution in [3.8, 4) is 17.1 Å². The number of hydrogen-bond donors (Lipinski definition) is 0. The summed E-state index contributed by atoms with van der Waals surface area (Å²) in [5, 5.41) is 4.41. The van der Waals surface area contributed by atoms with E-state index in [-0.39, 0.29) is 11.0 Å². The zero-order valence-electron chi connectivity index (χ0n) is 17.3. The van der Waals surface area contributed by atoms with E-state index in [0.29, 0.717) is 21.9 Å². The van der Waals surface area contributed by atoms with Gasteiger partial charge in [-0.25, -0.2) is 0 Å². The molecule has 30 heavy (non-hydrogen) atoms. The van der Waals surface area contributed by atoms with E-state index in [2.05, 4.69) is 49.6 Å². The fourth-order valence-corrected chi connectivity index (χ4v) is 3.95. The minimum Gasteiger partial charge on any atom is -0.490 e. The Morgan fingerprint density at radius 3 is 2.40 bits per heavy atom. The maximum Gasteiger partial charge on any atom is 0.291 e. The molecule has 6 heteroatoms. The first-order valence-corrected chi connectivity index (χ1v) is 10.5. The standard InChI is InChI=1S/C24H23N3O2S/c1-5-14-29-19-12-8-17(9-13-19)21-25-23-27(26-21)22(28)20(30-23)15-16-6-10-18(11-7-16)24(2,3)4/h5-13,15H,1,14H2,2-4H3/b20-15-. The van der Waals surface area contributed by atoms with E-state index < -0.39 is 0 Å². The molecule has 0 atom stereocenters. The Hall–Kier alpha value is -3.25. The van der Waals surface area contributed by atoms with Crippen LogP contribution >= 0.6 is 11.3 Å². The summed E-state index contributed by atoms with van der Waals surface area (Å²) in [6, 6.07) is 15.8. The first-order chi connectivity index (χ1) is 14.3. The van der Waals surface area contributed by atoms with Crippen LogP contribution in [0.1, 0.15) is 31.9 Å². The van der Waals surface area contributed by atoms with Gasteiger partial charge in [0, 0.05) is 5.56 Å². The molecule has 0 aliphatic rings. The van der Waals surface area contributed by atoms with E-state index in [1.807, 2.05) is 42.5 Å². The highest BCUT2D eigenvalue weighted by Gasteiger charge is 2.14. The third-order valence-electron chi connectivity index (χ3n) is 4.74. The predicted molar refractivity (Wildman–Crippen MR) is 122 cm³/mol. The second kappa shape index (κ2) is 7.88. The molecule has 0 saturated heterocycles. The molecule has 2 aromatic carbocycles. The van der Waals surface area contributed by atoms with Crippen molar-refractivity contribution in [3.05, 3.63) is 87.2 Å². The van der Waals surface area contributed by atoms with Gasteiger partial charge < -0.3 is 4.74 Å². The number of fused-ring (bicyclic) bond motifs is 1. The van der Waals surface area contributed by atoms with Crippen molar-refractivity contribution in [1.29, 1.82) is 0 Å². The second-order valence-corrected chi connectivity index (χ2v) is 9.05. The van der Waals surface area contributed by atoms with Crippen molar-refractivity contribution in [3.63, 3.8) is 0 Å². The minimum atomic E-state index is -0.153. The van der Waals surface area contributed by atoms with Crippen LogP contribution in [0.4, 0.5) is 0 Å². The maximum atomic E-state index is 12.8. The zero-order chi connectivity index (χ0) is 21.3. The first-order valence-electron chi connectivity index (χ1n) is 9.71. The van der Waals surface area contributed by atoms with E-state index in [1.54, 1.807) is 6.08 Å². The van der Waals surface area contributed by atoms with Crippen LogP contribution in [0, 0.1) is 0 Å². The number of hydrogen-bond acceptors (Lipinski definition) is 5. The molecule has 4 rings (SSSR count). The summed E-state index contributed by atoms with van der Waals surface area (Å²) < 4.78 is 7.48. The Labute approximate surface area is 179 Å². The molecule has 2 aromatic heterocycles. The molecule has 0 spiro atoms. The fourth-order valence-electron chi connectivity index (χ4n) is 3.04. The molecule has 0 saturated carbocycles. The van der Waals surface area contributed by atoms with Crippen LogP contribution in [0.5, 0.6) is 5.75 Å². The van der Waals surface area contributed by atoms with Crippen LogP contribution in [0.3, 0.4) is 0 Å². The van der Waals surface area contributed by atoms with Crippen LogP contribution in [0.2, 0.25) is 0 Å². The topological polar surface area (TPSA) is 56.5 Å². The number of ether oxygens (including phenoxy) is 1. The summed E-state index contributed by atoms with van der Waals surface area (Å²) in [7, 11) is 0. The van der Waals surface area contributed by atoms with Crippen molar-refractivity contribution in [1.82, 2.24) is 14.6 Å². The molecule has 0 bridgehead atoms. The SMILES string of the molecule is C=CCOc1ccc(-c2nc3s/c(=C\c4ccc(C(C)(C)C)cc4)c(=O)n3n2)cc1. The number of rotatable bonds is 5. The monoisotopic (exact) mass is 417 g/mol. The molecule has 0 unspecified atom stereocenters. The lowest BCUT2D eigenvalue weighted by Crippen LogP contribution is -2.23. The molecule has 2 heterocycles. The van der Waals surface area contributed by atoms with Crippen molar-refractivity contribution in [2.75, 3.05) is 6.61 Å². The second-order valence-electron chi connectivity index (χ2n) is 8.04. The highest BCUT2D eigenvalue weighted by Crippen LogP contribution is 2.23. The summed E-state index contributed by atoms with van der Waals surface area (Å²) >= 11 is 1.34. The van der Waals surface area contributed by atoms with Gasteiger partial charge in [0.1, 0.15) is 12.4 Å². The minimum absolute atomic E-state index is 0.0994. The third kappa shape index (κ3) is 4.04. The van der Waals surface area contributed by atoms with Gasteiger partial charge >= 0.3 is 0 Å². The molecular formula is C24H23N3O2S.